The van der Waals surface area contributed by atoms with Crippen molar-refractivity contribution >= 4 is 33.7 Å². The number of carbonyl (C=O) groups excluding carboxylic acids is 2. The highest BCUT2D eigenvalue weighted by Gasteiger charge is 2.19. The molecule has 19 heavy (non-hydrogen) atoms. The van der Waals surface area contributed by atoms with E-state index in [-0.39, 0.29) is 35.5 Å². The van der Waals surface area contributed by atoms with Gasteiger partial charge in [-0.15, -0.1) is 0 Å². The Balaban J connectivity index is 3.26. The molecule has 1 N–H and O–H groups in total. The van der Waals surface area contributed by atoms with Crippen molar-refractivity contribution in [3.8, 4) is 0 Å². The first-order valence-corrected chi connectivity index (χ1v) is 6.77. The Bertz CT molecular complexity index is 510. The molecule has 0 aliphatic heterocycles. The molecule has 0 unspecified atom stereocenters. The third-order valence-electron chi connectivity index (χ3n) is 2.38. The van der Waals surface area contributed by atoms with E-state index in [1.807, 2.05) is 0 Å². The Labute approximate surface area is 118 Å². The van der Waals surface area contributed by atoms with Crippen LogP contribution in [0.3, 0.4) is 0 Å². The fraction of sp³-hybridized carbons (Fsp3) is 0.308. The molecule has 1 rings (SSSR count). The average molecular weight is 329 g/mol. The number of hydrogen-bond acceptors (Lipinski definition) is 4. The Morgan fingerprint density at radius 1 is 1.26 bits per heavy atom. The van der Waals surface area contributed by atoms with E-state index >= 15 is 0 Å². The van der Waals surface area contributed by atoms with Gasteiger partial charge in [-0.1, -0.05) is 15.9 Å². The van der Waals surface area contributed by atoms with Crippen LogP contribution in [0, 0.1) is 0 Å². The van der Waals surface area contributed by atoms with Crippen molar-refractivity contribution < 1.29 is 24.2 Å². The van der Waals surface area contributed by atoms with Crippen LogP contribution in [0.15, 0.2) is 18.2 Å². The summed E-state index contributed by atoms with van der Waals surface area (Å²) in [5.74, 6) is -2.09. The van der Waals surface area contributed by atoms with Gasteiger partial charge in [0.05, 0.1) is 17.7 Å². The summed E-state index contributed by atoms with van der Waals surface area (Å²) in [5, 5.41) is 9.38. The summed E-state index contributed by atoms with van der Waals surface area (Å²) in [6.45, 7) is 1.79. The minimum Gasteiger partial charge on any atom is -0.478 e. The van der Waals surface area contributed by atoms with Crippen LogP contribution in [0.5, 0.6) is 0 Å². The van der Waals surface area contributed by atoms with E-state index in [4.69, 9.17) is 9.84 Å². The van der Waals surface area contributed by atoms with Gasteiger partial charge in [0.1, 0.15) is 0 Å². The number of carbonyl (C=O) groups is 3. The molecule has 0 spiro atoms. The van der Waals surface area contributed by atoms with Gasteiger partial charge in [-0.3, -0.25) is 4.79 Å². The molecule has 0 radical (unpaired) electrons. The molecule has 0 saturated carbocycles. The topological polar surface area (TPSA) is 80.7 Å². The molecule has 5 nitrogen and oxygen atoms in total. The van der Waals surface area contributed by atoms with E-state index in [0.717, 1.165) is 0 Å². The van der Waals surface area contributed by atoms with E-state index in [9.17, 15) is 14.4 Å². The van der Waals surface area contributed by atoms with Gasteiger partial charge in [0.2, 0.25) is 0 Å². The molecule has 0 heterocycles. The van der Waals surface area contributed by atoms with Gasteiger partial charge in [0.15, 0.2) is 5.78 Å². The number of carboxylic acids is 1. The van der Waals surface area contributed by atoms with Crippen molar-refractivity contribution in [2.75, 3.05) is 11.9 Å². The maximum Gasteiger partial charge on any atom is 0.338 e. The van der Waals surface area contributed by atoms with Crippen LogP contribution in [-0.2, 0) is 4.74 Å². The van der Waals surface area contributed by atoms with Crippen molar-refractivity contribution in [3.05, 3.63) is 34.9 Å². The molecular weight excluding hydrogens is 316 g/mol. The fourth-order valence-corrected chi connectivity index (χ4v) is 1.88. The van der Waals surface area contributed by atoms with Crippen LogP contribution >= 0.6 is 15.9 Å². The highest BCUT2D eigenvalue weighted by molar-refractivity contribution is 9.09. The number of alkyl halides is 1. The van der Waals surface area contributed by atoms with Crippen LogP contribution in [0.25, 0.3) is 0 Å². The number of benzene rings is 1. The molecule has 6 heteroatoms. The van der Waals surface area contributed by atoms with Crippen molar-refractivity contribution in [2.45, 2.75) is 13.3 Å². The number of carboxylic acid groups (broad SMARTS) is 1. The third-order valence-corrected chi connectivity index (χ3v) is 2.78. The summed E-state index contributed by atoms with van der Waals surface area (Å²) in [5.41, 5.74) is 0.119. The summed E-state index contributed by atoms with van der Waals surface area (Å²) in [6, 6.07) is 3.81. The predicted molar refractivity (Wildman–Crippen MR) is 72.1 cm³/mol. The van der Waals surface area contributed by atoms with Crippen molar-refractivity contribution in [1.82, 2.24) is 0 Å². The lowest BCUT2D eigenvalue weighted by Crippen LogP contribution is -2.14. The van der Waals surface area contributed by atoms with Gasteiger partial charge >= 0.3 is 11.9 Å². The lowest BCUT2D eigenvalue weighted by molar-refractivity contribution is 0.0523. The minimum atomic E-state index is -1.16. The number of rotatable bonds is 6. The second kappa shape index (κ2) is 7.04. The highest BCUT2D eigenvalue weighted by atomic mass is 79.9. The van der Waals surface area contributed by atoms with Crippen LogP contribution < -0.4 is 0 Å². The number of halogens is 1. The lowest BCUT2D eigenvalue weighted by atomic mass is 9.99. The number of ketones is 1. The highest BCUT2D eigenvalue weighted by Crippen LogP contribution is 2.16. The van der Waals surface area contributed by atoms with E-state index in [2.05, 4.69) is 15.9 Å². The van der Waals surface area contributed by atoms with Crippen LogP contribution in [0.4, 0.5) is 0 Å². The van der Waals surface area contributed by atoms with E-state index < -0.39 is 11.9 Å². The van der Waals surface area contributed by atoms with E-state index in [1.54, 1.807) is 6.92 Å². The number of esters is 1. The fourth-order valence-electron chi connectivity index (χ4n) is 1.52. The molecule has 0 aliphatic rings. The second-order valence-corrected chi connectivity index (χ2v) is 4.44. The first-order valence-electron chi connectivity index (χ1n) is 5.64. The smallest absolute Gasteiger partial charge is 0.338 e. The van der Waals surface area contributed by atoms with Crippen molar-refractivity contribution in [3.63, 3.8) is 0 Å². The Morgan fingerprint density at radius 2 is 1.95 bits per heavy atom. The summed E-state index contributed by atoms with van der Waals surface area (Å²) < 4.78 is 4.84. The van der Waals surface area contributed by atoms with Crippen molar-refractivity contribution in [2.24, 2.45) is 0 Å². The normalized spacial score (nSPS) is 10.0. The SMILES string of the molecule is CCOC(=O)c1cc(C(=O)O)ccc1C(=O)CCBr. The molecule has 0 saturated heterocycles. The maximum absolute atomic E-state index is 11.9. The Kier molecular flexibility index (Phi) is 5.69. The molecule has 102 valence electrons. The number of ether oxygens (including phenoxy) is 1. The predicted octanol–water partition coefficient (Wildman–Crippen LogP) is 2.53. The third kappa shape index (κ3) is 3.89. The van der Waals surface area contributed by atoms with Gasteiger partial charge in [-0.25, -0.2) is 9.59 Å². The van der Waals surface area contributed by atoms with Crippen LogP contribution in [-0.4, -0.2) is 34.8 Å². The Morgan fingerprint density at radius 3 is 2.47 bits per heavy atom. The summed E-state index contributed by atoms with van der Waals surface area (Å²) in [6.07, 6.45) is 0.221. The quantitative estimate of drug-likeness (QED) is 0.493. The van der Waals surface area contributed by atoms with Crippen molar-refractivity contribution in [1.29, 1.82) is 0 Å². The van der Waals surface area contributed by atoms with Crippen LogP contribution in [0.1, 0.15) is 44.4 Å². The molecule has 0 amide bonds. The first kappa shape index (κ1) is 15.4. The monoisotopic (exact) mass is 328 g/mol. The summed E-state index contributed by atoms with van der Waals surface area (Å²) in [4.78, 5) is 34.5. The number of hydrogen-bond donors (Lipinski definition) is 1. The molecule has 0 aliphatic carbocycles. The van der Waals surface area contributed by atoms with Gasteiger partial charge in [0.25, 0.3) is 0 Å². The maximum atomic E-state index is 11.9. The molecule has 0 aromatic heterocycles. The Hall–Kier alpha value is -1.69. The number of Topliss-reactive ketones (excluding diaryl/α,β-unsaturated/α-hetero) is 1. The standard InChI is InChI=1S/C13H13BrO5/c1-2-19-13(18)10-7-8(12(16)17)3-4-9(10)11(15)5-6-14/h3-4,7H,2,5-6H2,1H3,(H,16,17). The lowest BCUT2D eigenvalue weighted by Gasteiger charge is -2.08. The summed E-state index contributed by atoms with van der Waals surface area (Å²) in [7, 11) is 0. The second-order valence-electron chi connectivity index (χ2n) is 3.65. The van der Waals surface area contributed by atoms with Crippen LogP contribution in [0.2, 0.25) is 0 Å². The molecule has 1 aromatic rings. The molecule has 0 fully saturated rings. The summed E-state index contributed by atoms with van der Waals surface area (Å²) >= 11 is 3.15. The molecular formula is C13H13BrO5. The average Bonchev–Trinajstić information content (AvgIpc) is 2.38. The van der Waals surface area contributed by atoms with Gasteiger partial charge in [-0.2, -0.15) is 0 Å². The van der Waals surface area contributed by atoms with Gasteiger partial charge in [-0.05, 0) is 25.1 Å². The van der Waals surface area contributed by atoms with Gasteiger partial charge in [0, 0.05) is 17.3 Å². The molecule has 0 atom stereocenters. The molecule has 0 bridgehead atoms. The largest absolute Gasteiger partial charge is 0.478 e. The first-order chi connectivity index (χ1) is 9.01. The van der Waals surface area contributed by atoms with E-state index in [1.165, 1.54) is 18.2 Å². The zero-order valence-corrected chi connectivity index (χ0v) is 11.9. The van der Waals surface area contributed by atoms with Gasteiger partial charge < -0.3 is 9.84 Å². The van der Waals surface area contributed by atoms with E-state index in [0.29, 0.717) is 5.33 Å². The minimum absolute atomic E-state index is 0.00676. The number of aromatic carboxylic acids is 1. The zero-order valence-electron chi connectivity index (χ0n) is 10.3. The zero-order chi connectivity index (χ0) is 14.4. The molecule has 1 aromatic carbocycles.